The number of carboxylic acids is 1. The fourth-order valence-electron chi connectivity index (χ4n) is 8.63. The molecule has 9 nitrogen and oxygen atoms in total. The van der Waals surface area contributed by atoms with Crippen molar-refractivity contribution in [2.75, 3.05) is 47.5 Å². The van der Waals surface area contributed by atoms with Gasteiger partial charge in [-0.05, 0) is 44.9 Å². The van der Waals surface area contributed by atoms with Gasteiger partial charge < -0.3 is 33.3 Å². The number of ether oxygens (including phenoxy) is 4. The van der Waals surface area contributed by atoms with E-state index in [1.165, 1.54) is 212 Å². The van der Waals surface area contributed by atoms with Crippen molar-refractivity contribution < 1.29 is 42.9 Å². The van der Waals surface area contributed by atoms with Crippen LogP contribution in [0, 0.1) is 0 Å². The van der Waals surface area contributed by atoms with Crippen LogP contribution in [0.4, 0.5) is 0 Å². The van der Waals surface area contributed by atoms with Gasteiger partial charge in [0.05, 0.1) is 40.3 Å². The maximum Gasteiger partial charge on any atom is 0.306 e. The van der Waals surface area contributed by atoms with Crippen molar-refractivity contribution in [3.63, 3.8) is 0 Å². The molecule has 0 saturated carbocycles. The number of quaternary nitrogens is 1. The summed E-state index contributed by atoms with van der Waals surface area (Å²) >= 11 is 0. The number of allylic oxidation sites excluding steroid dienone is 4. The van der Waals surface area contributed by atoms with Crippen LogP contribution in [0.3, 0.4) is 0 Å². The van der Waals surface area contributed by atoms with Crippen LogP contribution in [0.15, 0.2) is 24.3 Å². The zero-order valence-electron chi connectivity index (χ0n) is 46.2. The number of rotatable bonds is 55. The fourth-order valence-corrected chi connectivity index (χ4v) is 8.63. The average Bonchev–Trinajstić information content (AvgIpc) is 3.31. The molecule has 0 aliphatic heterocycles. The second kappa shape index (κ2) is 52.1. The first kappa shape index (κ1) is 66.8. The summed E-state index contributed by atoms with van der Waals surface area (Å²) in [6, 6.07) is 0. The van der Waals surface area contributed by atoms with Gasteiger partial charge in [0.2, 0.25) is 0 Å². The van der Waals surface area contributed by atoms with E-state index in [9.17, 15) is 19.5 Å². The van der Waals surface area contributed by atoms with E-state index in [0.717, 1.165) is 44.9 Å². The summed E-state index contributed by atoms with van der Waals surface area (Å²) in [6.45, 7) is 4.76. The van der Waals surface area contributed by atoms with Gasteiger partial charge in [-0.15, -0.1) is 0 Å². The molecule has 2 unspecified atom stereocenters. The van der Waals surface area contributed by atoms with Crippen LogP contribution in [0.25, 0.3) is 0 Å². The van der Waals surface area contributed by atoms with Crippen molar-refractivity contribution in [2.24, 2.45) is 0 Å². The third-order valence-corrected chi connectivity index (χ3v) is 13.2. The normalized spacial score (nSPS) is 12.9. The van der Waals surface area contributed by atoms with Crippen molar-refractivity contribution in [1.82, 2.24) is 0 Å². The summed E-state index contributed by atoms with van der Waals surface area (Å²) < 4.78 is 22.7. The lowest BCUT2D eigenvalue weighted by Crippen LogP contribution is -2.44. The molecule has 0 amide bonds. The van der Waals surface area contributed by atoms with Crippen LogP contribution < -0.4 is 5.11 Å². The molecule has 0 aromatic rings. The number of hydrogen-bond donors (Lipinski definition) is 0. The number of aliphatic carboxylic acids is 1. The summed E-state index contributed by atoms with van der Waals surface area (Å²) in [4.78, 5) is 37.1. The third kappa shape index (κ3) is 53.4. The van der Waals surface area contributed by atoms with E-state index in [0.29, 0.717) is 17.4 Å². The lowest BCUT2D eigenvalue weighted by atomic mass is 10.0. The maximum absolute atomic E-state index is 12.8. The molecule has 0 aliphatic rings. The summed E-state index contributed by atoms with van der Waals surface area (Å²) in [5.74, 6) is -2.26. The van der Waals surface area contributed by atoms with Gasteiger partial charge in [-0.1, -0.05) is 250 Å². The highest BCUT2D eigenvalue weighted by molar-refractivity contribution is 5.70. The van der Waals surface area contributed by atoms with Crippen LogP contribution >= 0.6 is 0 Å². The fraction of sp³-hybridized carbons (Fsp3) is 0.883. The number of hydrogen-bond acceptors (Lipinski definition) is 8. The average molecular weight is 977 g/mol. The van der Waals surface area contributed by atoms with Gasteiger partial charge >= 0.3 is 11.9 Å². The second-order valence-electron chi connectivity index (χ2n) is 21.3. The molecule has 0 N–H and O–H groups in total. The Kier molecular flexibility index (Phi) is 50.4. The number of nitrogens with zero attached hydrogens (tertiary/aromatic N) is 1. The summed E-state index contributed by atoms with van der Waals surface area (Å²) in [6.07, 6.45) is 58.2. The number of esters is 2. The van der Waals surface area contributed by atoms with Crippen molar-refractivity contribution in [1.29, 1.82) is 0 Å². The molecule has 0 saturated heterocycles. The standard InChI is InChI=1S/C60H113NO8/c1-6-8-10-12-14-16-18-19-20-21-22-23-24-25-26-27-28-29-30-31-32-33-34-35-36-37-38-39-41-43-45-47-49-51-58(63)69-56(55-68-60(59(64)65)66-53-52-61(3,4)5)54-67-57(62)50-48-46-44-42-40-17-15-13-11-9-7-2/h18-19,21-22,56,60H,6-17,20,23-55H2,1-5H3/b19-18-,22-21-. The predicted molar refractivity (Wildman–Crippen MR) is 288 cm³/mol. The Bertz CT molecular complexity index is 1180. The van der Waals surface area contributed by atoms with E-state index >= 15 is 0 Å². The number of unbranched alkanes of at least 4 members (excludes halogenated alkanes) is 36. The van der Waals surface area contributed by atoms with Crippen LogP contribution in [0.5, 0.6) is 0 Å². The van der Waals surface area contributed by atoms with Gasteiger partial charge in [0.25, 0.3) is 0 Å². The van der Waals surface area contributed by atoms with Crippen LogP contribution in [-0.4, -0.2) is 82.3 Å². The zero-order valence-corrected chi connectivity index (χ0v) is 46.2. The lowest BCUT2D eigenvalue weighted by Gasteiger charge is -2.26. The van der Waals surface area contributed by atoms with E-state index in [-0.39, 0.29) is 32.2 Å². The number of carbonyl (C=O) groups excluding carboxylic acids is 3. The molecule has 69 heavy (non-hydrogen) atoms. The molecule has 406 valence electrons. The molecule has 0 aromatic carbocycles. The van der Waals surface area contributed by atoms with E-state index in [2.05, 4.69) is 38.2 Å². The van der Waals surface area contributed by atoms with Crippen molar-refractivity contribution in [3.05, 3.63) is 24.3 Å². The lowest BCUT2D eigenvalue weighted by molar-refractivity contribution is -0.870. The van der Waals surface area contributed by atoms with Gasteiger partial charge in [0.1, 0.15) is 13.2 Å². The van der Waals surface area contributed by atoms with Crippen LogP contribution in [0.2, 0.25) is 0 Å². The molecule has 0 heterocycles. The number of carboxylic acid groups (broad SMARTS) is 1. The first-order valence-corrected chi connectivity index (χ1v) is 29.5. The molecule has 0 rings (SSSR count). The molecule has 0 fully saturated rings. The smallest absolute Gasteiger partial charge is 0.306 e. The molecule has 0 bridgehead atoms. The minimum Gasteiger partial charge on any atom is -0.545 e. The van der Waals surface area contributed by atoms with Gasteiger partial charge in [-0.3, -0.25) is 9.59 Å². The van der Waals surface area contributed by atoms with Crippen molar-refractivity contribution in [3.8, 4) is 0 Å². The molecule has 9 heteroatoms. The van der Waals surface area contributed by atoms with Gasteiger partial charge in [0, 0.05) is 12.8 Å². The SMILES string of the molecule is CCCCCCC/C=C\C/C=C\CCCCCCCCCCCCCCCCCCCCCCCC(=O)OC(COC(=O)CCCCCCCCCCCCC)COC(OCC[N+](C)(C)C)C(=O)[O-]. The Hall–Kier alpha value is -2.23. The first-order valence-electron chi connectivity index (χ1n) is 29.5. The van der Waals surface area contributed by atoms with Gasteiger partial charge in [0.15, 0.2) is 12.4 Å². The molecular weight excluding hydrogens is 863 g/mol. The first-order chi connectivity index (χ1) is 33.6. The van der Waals surface area contributed by atoms with Gasteiger partial charge in [-0.25, -0.2) is 0 Å². The molecule has 0 aliphatic carbocycles. The van der Waals surface area contributed by atoms with Crippen LogP contribution in [0.1, 0.15) is 284 Å². The van der Waals surface area contributed by atoms with E-state index < -0.39 is 24.3 Å². The Balaban J connectivity index is 4.00. The van der Waals surface area contributed by atoms with Crippen molar-refractivity contribution in [2.45, 2.75) is 296 Å². The Morgan fingerprint density at radius 3 is 1.14 bits per heavy atom. The largest absolute Gasteiger partial charge is 0.545 e. The van der Waals surface area contributed by atoms with E-state index in [1.54, 1.807) is 0 Å². The quantitative estimate of drug-likeness (QED) is 0.0195. The zero-order chi connectivity index (χ0) is 50.6. The number of carbonyl (C=O) groups is 3. The topological polar surface area (TPSA) is 111 Å². The number of likely N-dealkylation sites (N-methyl/N-ethyl adjacent to an activating group) is 1. The Labute approximate surface area is 427 Å². The highest BCUT2D eigenvalue weighted by Gasteiger charge is 2.22. The monoisotopic (exact) mass is 976 g/mol. The minimum absolute atomic E-state index is 0.151. The second-order valence-corrected chi connectivity index (χ2v) is 21.3. The summed E-state index contributed by atoms with van der Waals surface area (Å²) in [7, 11) is 5.93. The minimum atomic E-state index is -1.62. The molecule has 0 aromatic heterocycles. The molecule has 0 spiro atoms. The molecular formula is C60H113NO8. The van der Waals surface area contributed by atoms with E-state index in [1.807, 2.05) is 21.1 Å². The highest BCUT2D eigenvalue weighted by atomic mass is 16.7. The third-order valence-electron chi connectivity index (χ3n) is 13.2. The van der Waals surface area contributed by atoms with Crippen LogP contribution in [-0.2, 0) is 33.3 Å². The highest BCUT2D eigenvalue weighted by Crippen LogP contribution is 2.17. The van der Waals surface area contributed by atoms with Crippen molar-refractivity contribution >= 4 is 17.9 Å². The molecule has 0 radical (unpaired) electrons. The summed E-state index contributed by atoms with van der Waals surface area (Å²) in [5.41, 5.74) is 0. The Morgan fingerprint density at radius 2 is 0.783 bits per heavy atom. The predicted octanol–water partition coefficient (Wildman–Crippen LogP) is 15.8. The maximum atomic E-state index is 12.8. The summed E-state index contributed by atoms with van der Waals surface area (Å²) in [5, 5.41) is 11.7. The van der Waals surface area contributed by atoms with E-state index in [4.69, 9.17) is 18.9 Å². The van der Waals surface area contributed by atoms with Gasteiger partial charge in [-0.2, -0.15) is 0 Å². The Morgan fingerprint density at radius 1 is 0.435 bits per heavy atom. The molecule has 2 atom stereocenters.